The molecule has 0 rings (SSSR count). The second-order valence-electron chi connectivity index (χ2n) is 7.17. The van der Waals surface area contributed by atoms with Crippen molar-refractivity contribution in [2.45, 2.75) is 74.1 Å². The number of carbonyl (C=O) groups is 1. The van der Waals surface area contributed by atoms with Crippen LogP contribution in [0.5, 0.6) is 0 Å². The molecule has 0 aliphatic rings. The molecule has 0 aromatic rings. The molecule has 0 N–H and O–H groups in total. The van der Waals surface area contributed by atoms with Crippen molar-refractivity contribution in [3.05, 3.63) is 0 Å². The standard InChI is InChI=1S/C16H32O2/c1-8-10-11-13(14(17)18-9-2)16(6,7)12-15(3,4)5/h13H,8-12H2,1-7H3. The highest BCUT2D eigenvalue weighted by atomic mass is 16.5. The summed E-state index contributed by atoms with van der Waals surface area (Å²) in [6, 6.07) is 0. The monoisotopic (exact) mass is 256 g/mol. The average molecular weight is 256 g/mol. The van der Waals surface area contributed by atoms with E-state index in [1.54, 1.807) is 0 Å². The van der Waals surface area contributed by atoms with Crippen molar-refractivity contribution in [3.63, 3.8) is 0 Å². The summed E-state index contributed by atoms with van der Waals surface area (Å²) in [4.78, 5) is 12.2. The van der Waals surface area contributed by atoms with Gasteiger partial charge in [-0.15, -0.1) is 0 Å². The van der Waals surface area contributed by atoms with Gasteiger partial charge in [0.25, 0.3) is 0 Å². The largest absolute Gasteiger partial charge is 0.466 e. The van der Waals surface area contributed by atoms with E-state index in [-0.39, 0.29) is 22.7 Å². The zero-order valence-corrected chi connectivity index (χ0v) is 13.4. The van der Waals surface area contributed by atoms with E-state index in [0.717, 1.165) is 25.7 Å². The fourth-order valence-corrected chi connectivity index (χ4v) is 2.97. The molecule has 0 saturated carbocycles. The maximum absolute atomic E-state index is 12.2. The lowest BCUT2D eigenvalue weighted by Gasteiger charge is -2.38. The van der Waals surface area contributed by atoms with E-state index in [2.05, 4.69) is 41.5 Å². The molecule has 108 valence electrons. The molecule has 0 spiro atoms. The van der Waals surface area contributed by atoms with Crippen LogP contribution < -0.4 is 0 Å². The molecule has 0 heterocycles. The summed E-state index contributed by atoms with van der Waals surface area (Å²) in [5.41, 5.74) is 0.236. The first-order valence-electron chi connectivity index (χ1n) is 7.30. The Bertz CT molecular complexity index is 248. The average Bonchev–Trinajstić information content (AvgIpc) is 2.14. The van der Waals surface area contributed by atoms with Crippen LogP contribution in [-0.4, -0.2) is 12.6 Å². The van der Waals surface area contributed by atoms with Gasteiger partial charge < -0.3 is 4.74 Å². The molecule has 0 fully saturated rings. The lowest BCUT2D eigenvalue weighted by atomic mass is 9.67. The van der Waals surface area contributed by atoms with Gasteiger partial charge in [-0.3, -0.25) is 4.79 Å². The summed E-state index contributed by atoms with van der Waals surface area (Å²) in [5.74, 6) is 0.0109. The molecular formula is C16H32O2. The van der Waals surface area contributed by atoms with Crippen molar-refractivity contribution in [2.75, 3.05) is 6.61 Å². The number of carbonyl (C=O) groups excluding carboxylic acids is 1. The lowest BCUT2D eigenvalue weighted by molar-refractivity contribution is -0.153. The van der Waals surface area contributed by atoms with Crippen molar-refractivity contribution >= 4 is 5.97 Å². The van der Waals surface area contributed by atoms with Crippen LogP contribution in [0.3, 0.4) is 0 Å². The van der Waals surface area contributed by atoms with Crippen molar-refractivity contribution in [3.8, 4) is 0 Å². The smallest absolute Gasteiger partial charge is 0.309 e. The quantitative estimate of drug-likeness (QED) is 0.610. The fraction of sp³-hybridized carbons (Fsp3) is 0.938. The molecule has 2 nitrogen and oxygen atoms in total. The van der Waals surface area contributed by atoms with Crippen LogP contribution in [-0.2, 0) is 9.53 Å². The van der Waals surface area contributed by atoms with Crippen LogP contribution >= 0.6 is 0 Å². The minimum Gasteiger partial charge on any atom is -0.466 e. The van der Waals surface area contributed by atoms with Crippen molar-refractivity contribution in [2.24, 2.45) is 16.7 Å². The Labute approximate surface area is 113 Å². The molecule has 0 aromatic carbocycles. The Morgan fingerprint density at radius 1 is 1.11 bits per heavy atom. The van der Waals surface area contributed by atoms with Gasteiger partial charge in [0.15, 0.2) is 0 Å². The number of hydrogen-bond donors (Lipinski definition) is 0. The van der Waals surface area contributed by atoms with Gasteiger partial charge in [-0.2, -0.15) is 0 Å². The third-order valence-electron chi connectivity index (χ3n) is 3.35. The van der Waals surface area contributed by atoms with Gasteiger partial charge in [0.2, 0.25) is 0 Å². The van der Waals surface area contributed by atoms with Gasteiger partial charge in [0, 0.05) is 0 Å². The maximum atomic E-state index is 12.2. The summed E-state index contributed by atoms with van der Waals surface area (Å²) >= 11 is 0. The van der Waals surface area contributed by atoms with Crippen LogP contribution in [0.4, 0.5) is 0 Å². The van der Waals surface area contributed by atoms with Gasteiger partial charge in [0.1, 0.15) is 0 Å². The second kappa shape index (κ2) is 7.16. The van der Waals surface area contributed by atoms with Crippen LogP contribution in [0.25, 0.3) is 0 Å². The molecule has 18 heavy (non-hydrogen) atoms. The lowest BCUT2D eigenvalue weighted by Crippen LogP contribution is -2.35. The van der Waals surface area contributed by atoms with Crippen LogP contribution in [0.2, 0.25) is 0 Å². The third-order valence-corrected chi connectivity index (χ3v) is 3.35. The Kier molecular flexibility index (Phi) is 6.94. The highest BCUT2D eigenvalue weighted by Crippen LogP contribution is 2.41. The van der Waals surface area contributed by atoms with E-state index < -0.39 is 0 Å². The van der Waals surface area contributed by atoms with Gasteiger partial charge >= 0.3 is 5.97 Å². The third kappa shape index (κ3) is 6.42. The first-order chi connectivity index (χ1) is 8.14. The minimum absolute atomic E-state index is 0.000324. The van der Waals surface area contributed by atoms with E-state index in [0.29, 0.717) is 6.61 Å². The Morgan fingerprint density at radius 2 is 1.67 bits per heavy atom. The minimum atomic E-state index is -0.0137. The summed E-state index contributed by atoms with van der Waals surface area (Å²) in [6.07, 6.45) is 4.20. The Balaban J connectivity index is 4.85. The van der Waals surface area contributed by atoms with Crippen LogP contribution in [0, 0.1) is 16.7 Å². The summed E-state index contributed by atoms with van der Waals surface area (Å²) < 4.78 is 5.26. The first-order valence-corrected chi connectivity index (χ1v) is 7.30. The highest BCUT2D eigenvalue weighted by molar-refractivity contribution is 5.73. The van der Waals surface area contributed by atoms with Crippen molar-refractivity contribution in [1.29, 1.82) is 0 Å². The number of hydrogen-bond acceptors (Lipinski definition) is 2. The highest BCUT2D eigenvalue weighted by Gasteiger charge is 2.38. The Hall–Kier alpha value is -0.530. The molecule has 2 heteroatoms. The molecule has 0 amide bonds. The topological polar surface area (TPSA) is 26.3 Å². The number of rotatable bonds is 7. The molecule has 1 atom stereocenters. The van der Waals surface area contributed by atoms with E-state index in [4.69, 9.17) is 4.74 Å². The SMILES string of the molecule is CCCCC(C(=O)OCC)C(C)(C)CC(C)(C)C. The molecule has 0 bridgehead atoms. The zero-order chi connectivity index (χ0) is 14.4. The molecular weight excluding hydrogens is 224 g/mol. The van der Waals surface area contributed by atoms with E-state index in [1.807, 2.05) is 6.92 Å². The second-order valence-corrected chi connectivity index (χ2v) is 7.17. The van der Waals surface area contributed by atoms with Gasteiger partial charge in [-0.25, -0.2) is 0 Å². The normalized spacial score (nSPS) is 14.4. The van der Waals surface area contributed by atoms with E-state index in [9.17, 15) is 4.79 Å². The molecule has 0 aromatic heterocycles. The zero-order valence-electron chi connectivity index (χ0n) is 13.4. The van der Waals surface area contributed by atoms with E-state index >= 15 is 0 Å². The summed E-state index contributed by atoms with van der Waals surface area (Å²) in [7, 11) is 0. The fourth-order valence-electron chi connectivity index (χ4n) is 2.97. The first kappa shape index (κ1) is 17.5. The maximum Gasteiger partial charge on any atom is 0.309 e. The molecule has 0 radical (unpaired) electrons. The number of unbranched alkanes of at least 4 members (excludes halogenated alkanes) is 1. The van der Waals surface area contributed by atoms with Crippen molar-refractivity contribution in [1.82, 2.24) is 0 Å². The van der Waals surface area contributed by atoms with Gasteiger partial charge in [0.05, 0.1) is 12.5 Å². The molecule has 1 unspecified atom stereocenters. The van der Waals surface area contributed by atoms with Crippen LogP contribution in [0.15, 0.2) is 0 Å². The van der Waals surface area contributed by atoms with Crippen molar-refractivity contribution < 1.29 is 9.53 Å². The van der Waals surface area contributed by atoms with Crippen LogP contribution in [0.1, 0.15) is 74.1 Å². The molecule has 0 saturated heterocycles. The van der Waals surface area contributed by atoms with Gasteiger partial charge in [-0.05, 0) is 30.6 Å². The van der Waals surface area contributed by atoms with Gasteiger partial charge in [-0.1, -0.05) is 54.4 Å². The predicted molar refractivity (Wildman–Crippen MR) is 77.5 cm³/mol. The molecule has 0 aliphatic carbocycles. The van der Waals surface area contributed by atoms with E-state index in [1.165, 1.54) is 0 Å². The molecule has 0 aliphatic heterocycles. The summed E-state index contributed by atoms with van der Waals surface area (Å²) in [6.45, 7) is 15.6. The number of ether oxygens (including phenoxy) is 1. The number of esters is 1. The Morgan fingerprint density at radius 3 is 2.06 bits per heavy atom. The summed E-state index contributed by atoms with van der Waals surface area (Å²) in [5, 5.41) is 0. The predicted octanol–water partition coefficient (Wildman–Crippen LogP) is 4.82.